The molecule has 0 saturated carbocycles. The predicted molar refractivity (Wildman–Crippen MR) is 212 cm³/mol. The van der Waals surface area contributed by atoms with Crippen molar-refractivity contribution in [1.82, 2.24) is 39.8 Å². The second-order valence-electron chi connectivity index (χ2n) is 15.1. The van der Waals surface area contributed by atoms with Crippen LogP contribution in [0, 0.1) is 12.8 Å². The van der Waals surface area contributed by atoms with E-state index in [2.05, 4.69) is 30.3 Å². The number of carbonyl (C=O) groups excluding carboxylic acids is 4. The molecular formula is C41H44ClN9O6. The van der Waals surface area contributed by atoms with Crippen molar-refractivity contribution in [2.75, 3.05) is 51.3 Å². The summed E-state index contributed by atoms with van der Waals surface area (Å²) >= 11 is 6.53. The first-order valence-electron chi connectivity index (χ1n) is 19.1. The van der Waals surface area contributed by atoms with Crippen LogP contribution in [0.25, 0.3) is 22.6 Å². The van der Waals surface area contributed by atoms with Gasteiger partial charge in [0.2, 0.25) is 17.7 Å². The van der Waals surface area contributed by atoms with E-state index in [1.54, 1.807) is 38.7 Å². The predicted octanol–water partition coefficient (Wildman–Crippen LogP) is 4.85. The van der Waals surface area contributed by atoms with E-state index in [0.717, 1.165) is 42.0 Å². The molecule has 3 aromatic heterocycles. The monoisotopic (exact) mass is 793 g/mol. The third-order valence-electron chi connectivity index (χ3n) is 11.0. The summed E-state index contributed by atoms with van der Waals surface area (Å²) in [5, 5.41) is 7.13. The number of aryl methyl sites for hydroxylation is 2. The molecule has 2 unspecified atom stereocenters. The second-order valence-corrected chi connectivity index (χ2v) is 15.5. The number of H-pyrrole nitrogens is 1. The summed E-state index contributed by atoms with van der Waals surface area (Å²) < 4.78 is 13.9. The quantitative estimate of drug-likeness (QED) is 0.187. The van der Waals surface area contributed by atoms with Crippen LogP contribution in [0.2, 0.25) is 5.02 Å². The zero-order valence-corrected chi connectivity index (χ0v) is 32.8. The number of pyridine rings is 1. The number of imidazole rings is 1. The topological polar surface area (TPSA) is 168 Å². The van der Waals surface area contributed by atoms with Gasteiger partial charge in [-0.2, -0.15) is 5.10 Å². The van der Waals surface area contributed by atoms with Crippen LogP contribution >= 0.6 is 11.6 Å². The Labute approximate surface area is 334 Å². The first-order valence-corrected chi connectivity index (χ1v) is 19.5. The molecule has 296 valence electrons. The fourth-order valence-corrected chi connectivity index (χ4v) is 8.13. The third kappa shape index (κ3) is 8.21. The van der Waals surface area contributed by atoms with E-state index in [4.69, 9.17) is 21.1 Å². The van der Waals surface area contributed by atoms with Gasteiger partial charge in [-0.15, -0.1) is 0 Å². The molecule has 0 radical (unpaired) electrons. The van der Waals surface area contributed by atoms with Crippen LogP contribution in [0.1, 0.15) is 53.2 Å². The Balaban J connectivity index is 0.827. The number of hydrogen-bond acceptors (Lipinski definition) is 10. The normalized spacial score (nSPS) is 19.9. The van der Waals surface area contributed by atoms with E-state index in [-0.39, 0.29) is 36.0 Å². The fourth-order valence-electron chi connectivity index (χ4n) is 7.95. The average Bonchev–Trinajstić information content (AvgIpc) is 3.94. The van der Waals surface area contributed by atoms with Crippen molar-refractivity contribution in [2.45, 2.75) is 44.6 Å². The van der Waals surface area contributed by atoms with Crippen LogP contribution < -0.4 is 15.0 Å². The first-order chi connectivity index (χ1) is 27.5. The molecule has 5 aromatic rings. The van der Waals surface area contributed by atoms with Gasteiger partial charge in [0.15, 0.2) is 11.4 Å². The highest BCUT2D eigenvalue weighted by atomic mass is 35.5. The van der Waals surface area contributed by atoms with E-state index < -0.39 is 6.10 Å². The summed E-state index contributed by atoms with van der Waals surface area (Å²) in [7, 11) is 3.67. The SMILES string of the molecule is Cc1nn(C)cc1-c1nc2ncc(Cl)c(Oc3ccc(C(=O)N4CCOC(CC(=O)N(C)CC5CCN(c6ccc([C@@H]7CCC(=O)NC7=O)cc6)C5)C4)cc3)c2[nH]1. The van der Waals surface area contributed by atoms with Crippen molar-refractivity contribution in [2.24, 2.45) is 13.0 Å². The molecule has 0 spiro atoms. The minimum Gasteiger partial charge on any atom is -0.453 e. The number of hydrogen-bond donors (Lipinski definition) is 2. The lowest BCUT2D eigenvalue weighted by atomic mass is 9.90. The number of aromatic nitrogens is 5. The molecule has 0 aliphatic carbocycles. The number of ether oxygens (including phenoxy) is 2. The fraction of sp³-hybridized carbons (Fsp3) is 0.390. The van der Waals surface area contributed by atoms with Crippen LogP contribution in [0.3, 0.4) is 0 Å². The molecule has 3 aliphatic heterocycles. The molecular weight excluding hydrogens is 750 g/mol. The Morgan fingerprint density at radius 1 is 1.05 bits per heavy atom. The highest BCUT2D eigenvalue weighted by Crippen LogP contribution is 2.36. The number of imide groups is 1. The average molecular weight is 794 g/mol. The summed E-state index contributed by atoms with van der Waals surface area (Å²) in [5.74, 6) is 0.827. The van der Waals surface area contributed by atoms with Crippen LogP contribution in [0.4, 0.5) is 5.69 Å². The Morgan fingerprint density at radius 3 is 2.58 bits per heavy atom. The number of piperidine rings is 1. The molecule has 2 aromatic carbocycles. The van der Waals surface area contributed by atoms with Gasteiger partial charge in [-0.3, -0.25) is 29.2 Å². The third-order valence-corrected chi connectivity index (χ3v) is 11.3. The molecule has 3 aliphatic rings. The number of aromatic amines is 1. The maximum Gasteiger partial charge on any atom is 0.254 e. The van der Waals surface area contributed by atoms with E-state index in [9.17, 15) is 19.2 Å². The highest BCUT2D eigenvalue weighted by molar-refractivity contribution is 6.32. The standard InChI is InChI=1S/C41H44ClN9O6/c1-24-32(23-49(3)47-24)38-45-36-37(33(42)19-43-39(36)46-38)57-29-10-6-27(7-11-29)41(55)51-16-17-56-30(22-51)18-35(53)48(2)20-25-14-15-50(21-25)28-8-4-26(5-9-28)31-12-13-34(52)44-40(31)54/h4-11,19,23,25,30-31H,12-18,20-22H2,1-3H3,(H,43,45,46)(H,44,52,54)/t25?,30?,31-/m0/s1. The van der Waals surface area contributed by atoms with Gasteiger partial charge in [-0.05, 0) is 67.6 Å². The van der Waals surface area contributed by atoms with Crippen molar-refractivity contribution in [1.29, 1.82) is 0 Å². The molecule has 0 bridgehead atoms. The lowest BCUT2D eigenvalue weighted by Crippen LogP contribution is -2.47. The number of amides is 4. The van der Waals surface area contributed by atoms with Crippen LogP contribution in [0.5, 0.6) is 11.5 Å². The van der Waals surface area contributed by atoms with Crippen molar-refractivity contribution in [3.63, 3.8) is 0 Å². The van der Waals surface area contributed by atoms with Gasteiger partial charge in [0.25, 0.3) is 5.91 Å². The van der Waals surface area contributed by atoms with Crippen LogP contribution in [0.15, 0.2) is 60.9 Å². The second kappa shape index (κ2) is 16.0. The number of benzene rings is 2. The van der Waals surface area contributed by atoms with Crippen molar-refractivity contribution < 1.29 is 28.7 Å². The summed E-state index contributed by atoms with van der Waals surface area (Å²) in [6.45, 7) is 5.29. The summed E-state index contributed by atoms with van der Waals surface area (Å²) in [5.41, 5.74) is 5.13. The molecule has 3 atom stereocenters. The summed E-state index contributed by atoms with van der Waals surface area (Å²) in [6, 6.07) is 14.9. The molecule has 6 heterocycles. The number of anilines is 1. The number of nitrogens with zero attached hydrogens (tertiary/aromatic N) is 7. The molecule has 2 N–H and O–H groups in total. The van der Waals surface area contributed by atoms with Gasteiger partial charge in [-0.25, -0.2) is 9.97 Å². The zero-order chi connectivity index (χ0) is 39.8. The largest absolute Gasteiger partial charge is 0.453 e. The minimum absolute atomic E-state index is 0.0216. The Morgan fingerprint density at radius 2 is 1.84 bits per heavy atom. The van der Waals surface area contributed by atoms with Gasteiger partial charge in [0, 0.05) is 70.7 Å². The van der Waals surface area contributed by atoms with Crippen LogP contribution in [-0.2, 0) is 26.2 Å². The maximum absolute atomic E-state index is 13.6. The Hall–Kier alpha value is -5.80. The van der Waals surface area contributed by atoms with Crippen molar-refractivity contribution in [3.8, 4) is 22.9 Å². The van der Waals surface area contributed by atoms with Gasteiger partial charge in [0.05, 0.1) is 42.5 Å². The number of rotatable bonds is 10. The first kappa shape index (κ1) is 38.1. The molecule has 3 saturated heterocycles. The zero-order valence-electron chi connectivity index (χ0n) is 32.0. The molecule has 16 heteroatoms. The highest BCUT2D eigenvalue weighted by Gasteiger charge is 2.31. The van der Waals surface area contributed by atoms with E-state index in [0.29, 0.717) is 84.1 Å². The number of fused-ring (bicyclic) bond motifs is 1. The number of nitrogens with one attached hydrogen (secondary N) is 2. The lowest BCUT2D eigenvalue weighted by molar-refractivity contribution is -0.135. The molecule has 15 nitrogen and oxygen atoms in total. The molecule has 4 amide bonds. The van der Waals surface area contributed by atoms with Gasteiger partial charge in [-0.1, -0.05) is 23.7 Å². The Kier molecular flexibility index (Phi) is 10.7. The number of carbonyl (C=O) groups is 4. The number of morpholine rings is 1. The Bertz CT molecular complexity index is 2330. The van der Waals surface area contributed by atoms with E-state index in [1.807, 2.05) is 51.5 Å². The van der Waals surface area contributed by atoms with Gasteiger partial charge >= 0.3 is 0 Å². The molecule has 8 rings (SSSR count). The van der Waals surface area contributed by atoms with E-state index >= 15 is 0 Å². The maximum atomic E-state index is 13.6. The van der Waals surface area contributed by atoms with Crippen LogP contribution in [-0.4, -0.2) is 111 Å². The summed E-state index contributed by atoms with van der Waals surface area (Å²) in [6.07, 6.45) is 4.97. The summed E-state index contributed by atoms with van der Waals surface area (Å²) in [4.78, 5) is 68.8. The van der Waals surface area contributed by atoms with Crippen molar-refractivity contribution >= 4 is 52.1 Å². The van der Waals surface area contributed by atoms with E-state index in [1.165, 1.54) is 6.20 Å². The lowest BCUT2D eigenvalue weighted by Gasteiger charge is -2.33. The number of halogens is 1. The minimum atomic E-state index is -0.408. The smallest absolute Gasteiger partial charge is 0.254 e. The van der Waals surface area contributed by atoms with Gasteiger partial charge in [0.1, 0.15) is 22.1 Å². The van der Waals surface area contributed by atoms with Gasteiger partial charge < -0.3 is 29.2 Å². The van der Waals surface area contributed by atoms with Crippen molar-refractivity contribution in [3.05, 3.63) is 82.8 Å². The molecule has 57 heavy (non-hydrogen) atoms. The molecule has 3 fully saturated rings.